The fourth-order valence-electron chi connectivity index (χ4n) is 8.71. The van der Waals surface area contributed by atoms with Crippen molar-refractivity contribution in [2.75, 3.05) is 0 Å². The van der Waals surface area contributed by atoms with Gasteiger partial charge in [-0.3, -0.25) is 4.98 Å². The van der Waals surface area contributed by atoms with Gasteiger partial charge in [0.2, 0.25) is 0 Å². The summed E-state index contributed by atoms with van der Waals surface area (Å²) in [6.07, 6.45) is 5.94. The van der Waals surface area contributed by atoms with Gasteiger partial charge in [-0.05, 0) is 111 Å². The molecule has 5 nitrogen and oxygen atoms in total. The number of benzene rings is 4. The Balaban J connectivity index is 1.33. The molecule has 0 N–H and O–H groups in total. The Labute approximate surface area is 306 Å². The van der Waals surface area contributed by atoms with E-state index in [2.05, 4.69) is 146 Å². The number of rotatable bonds is 3. The van der Waals surface area contributed by atoms with Gasteiger partial charge in [-0.25, -0.2) is 9.97 Å². The standard InChI is InChI=1S/C47H48N4O/c1-44(2,3)28-15-18-48-36(22-28)27-19-29(45(4,5)6)21-30(20-27)52-31-23-33-32-13-11-12-14-38(32)51-42(33)34(24-31)41-39-37(49-26-50-41)25-35-40(43(39)51)47(9,10)17-16-46(35,7)8/h11-15,18-26H,16-17H2,1-10H3. The molecule has 262 valence electrons. The average molecular weight is 685 g/mol. The molecule has 0 amide bonds. The summed E-state index contributed by atoms with van der Waals surface area (Å²) in [6, 6.07) is 26.5. The fraction of sp³-hybridized carbons (Fsp3) is 0.340. The molecule has 0 radical (unpaired) electrons. The molecule has 1 aliphatic carbocycles. The van der Waals surface area contributed by atoms with Crippen molar-refractivity contribution in [3.8, 4) is 22.8 Å². The third-order valence-corrected chi connectivity index (χ3v) is 11.8. The van der Waals surface area contributed by atoms with Crippen LogP contribution in [0.15, 0.2) is 85.3 Å². The Morgan fingerprint density at radius 2 is 1.37 bits per heavy atom. The Morgan fingerprint density at radius 3 is 2.13 bits per heavy atom. The van der Waals surface area contributed by atoms with Crippen molar-refractivity contribution < 1.29 is 4.74 Å². The van der Waals surface area contributed by atoms with Gasteiger partial charge < -0.3 is 9.14 Å². The summed E-state index contributed by atoms with van der Waals surface area (Å²) >= 11 is 0. The molecule has 4 aromatic heterocycles. The second-order valence-corrected chi connectivity index (χ2v) is 18.5. The maximum absolute atomic E-state index is 6.96. The predicted molar refractivity (Wildman–Crippen MR) is 217 cm³/mol. The minimum Gasteiger partial charge on any atom is -0.457 e. The fourth-order valence-corrected chi connectivity index (χ4v) is 8.71. The number of ether oxygens (including phenoxy) is 1. The summed E-state index contributed by atoms with van der Waals surface area (Å²) in [5.74, 6) is 1.58. The predicted octanol–water partition coefficient (Wildman–Crippen LogP) is 12.6. The van der Waals surface area contributed by atoms with Gasteiger partial charge in [0.05, 0.1) is 38.7 Å². The molecule has 8 aromatic rings. The van der Waals surface area contributed by atoms with Gasteiger partial charge in [0.15, 0.2) is 0 Å². The first kappa shape index (κ1) is 32.8. The summed E-state index contributed by atoms with van der Waals surface area (Å²) in [6.45, 7) is 23.1. The smallest absolute Gasteiger partial charge is 0.128 e. The summed E-state index contributed by atoms with van der Waals surface area (Å²) in [5.41, 5.74) is 12.9. The Hall–Kier alpha value is -5.03. The molecule has 4 heterocycles. The van der Waals surface area contributed by atoms with E-state index < -0.39 is 0 Å². The van der Waals surface area contributed by atoms with Gasteiger partial charge in [-0.15, -0.1) is 0 Å². The lowest BCUT2D eigenvalue weighted by molar-refractivity contribution is 0.334. The normalized spacial score (nSPS) is 16.0. The van der Waals surface area contributed by atoms with Crippen LogP contribution in [-0.2, 0) is 21.7 Å². The second kappa shape index (κ2) is 10.8. The molecule has 0 aliphatic heterocycles. The molecule has 0 bridgehead atoms. The monoisotopic (exact) mass is 684 g/mol. The third kappa shape index (κ3) is 4.92. The van der Waals surface area contributed by atoms with E-state index in [1.165, 1.54) is 44.2 Å². The highest BCUT2D eigenvalue weighted by molar-refractivity contribution is 6.26. The summed E-state index contributed by atoms with van der Waals surface area (Å²) < 4.78 is 9.49. The van der Waals surface area contributed by atoms with Gasteiger partial charge >= 0.3 is 0 Å². The van der Waals surface area contributed by atoms with Gasteiger partial charge in [0.1, 0.15) is 17.8 Å². The number of hydrogen-bond acceptors (Lipinski definition) is 4. The zero-order chi connectivity index (χ0) is 36.5. The SMILES string of the molecule is CC(C)(C)c1cc(Oc2cc3c4ccccc4n4c5c6c(cc7ncnc(c(c2)c34)c75)C(C)(C)CCC6(C)C)cc(-c2cc(C(C)(C)C)ccn2)c1. The highest BCUT2D eigenvalue weighted by atomic mass is 16.5. The molecule has 52 heavy (non-hydrogen) atoms. The van der Waals surface area contributed by atoms with E-state index >= 15 is 0 Å². The van der Waals surface area contributed by atoms with Crippen LogP contribution in [0.2, 0.25) is 0 Å². The Bertz CT molecular complexity index is 2730. The van der Waals surface area contributed by atoms with E-state index in [9.17, 15) is 0 Å². The van der Waals surface area contributed by atoms with Crippen LogP contribution in [0.3, 0.4) is 0 Å². The van der Waals surface area contributed by atoms with E-state index in [4.69, 9.17) is 19.7 Å². The minimum absolute atomic E-state index is 0.00320. The Morgan fingerprint density at radius 1 is 0.654 bits per heavy atom. The number of aromatic nitrogens is 4. The first-order valence-corrected chi connectivity index (χ1v) is 18.7. The molecule has 0 fully saturated rings. The lowest BCUT2D eigenvalue weighted by Gasteiger charge is -2.42. The van der Waals surface area contributed by atoms with Gasteiger partial charge in [-0.2, -0.15) is 0 Å². The number of pyridine rings is 2. The van der Waals surface area contributed by atoms with Crippen LogP contribution in [0, 0.1) is 0 Å². The number of nitrogens with zero attached hydrogens (tertiary/aromatic N) is 4. The van der Waals surface area contributed by atoms with Crippen molar-refractivity contribution in [1.82, 2.24) is 19.4 Å². The van der Waals surface area contributed by atoms with Crippen LogP contribution in [0.5, 0.6) is 11.5 Å². The van der Waals surface area contributed by atoms with Crippen molar-refractivity contribution in [3.63, 3.8) is 0 Å². The maximum atomic E-state index is 6.96. The van der Waals surface area contributed by atoms with Crippen molar-refractivity contribution in [2.45, 2.75) is 104 Å². The maximum Gasteiger partial charge on any atom is 0.128 e. The molecule has 0 unspecified atom stereocenters. The molecular weight excluding hydrogens is 637 g/mol. The van der Waals surface area contributed by atoms with Gasteiger partial charge in [0, 0.05) is 27.9 Å². The van der Waals surface area contributed by atoms with Crippen LogP contribution in [0.1, 0.15) is 104 Å². The minimum atomic E-state index is -0.0864. The van der Waals surface area contributed by atoms with Crippen molar-refractivity contribution >= 4 is 49.1 Å². The highest BCUT2D eigenvalue weighted by Crippen LogP contribution is 2.52. The zero-order valence-electron chi connectivity index (χ0n) is 32.2. The quantitative estimate of drug-likeness (QED) is 0.137. The molecule has 5 heteroatoms. The molecule has 0 spiro atoms. The first-order chi connectivity index (χ1) is 24.5. The van der Waals surface area contributed by atoms with Gasteiger partial charge in [0.25, 0.3) is 0 Å². The Kier molecular flexibility index (Phi) is 6.79. The second-order valence-electron chi connectivity index (χ2n) is 18.5. The van der Waals surface area contributed by atoms with E-state index in [1.54, 1.807) is 6.33 Å². The van der Waals surface area contributed by atoms with E-state index in [0.29, 0.717) is 0 Å². The third-order valence-electron chi connectivity index (χ3n) is 11.8. The van der Waals surface area contributed by atoms with Crippen LogP contribution in [-0.4, -0.2) is 19.4 Å². The van der Waals surface area contributed by atoms with Gasteiger partial charge in [-0.1, -0.05) is 87.4 Å². The summed E-state index contributed by atoms with van der Waals surface area (Å²) in [4.78, 5) is 14.8. The summed E-state index contributed by atoms with van der Waals surface area (Å²) in [7, 11) is 0. The van der Waals surface area contributed by atoms with E-state index in [0.717, 1.165) is 62.8 Å². The largest absolute Gasteiger partial charge is 0.457 e. The molecule has 4 aromatic carbocycles. The zero-order valence-corrected chi connectivity index (χ0v) is 32.2. The van der Waals surface area contributed by atoms with Crippen molar-refractivity contribution in [3.05, 3.63) is 108 Å². The van der Waals surface area contributed by atoms with Crippen molar-refractivity contribution in [2.24, 2.45) is 0 Å². The molecule has 0 saturated carbocycles. The number of para-hydroxylation sites is 1. The van der Waals surface area contributed by atoms with Crippen molar-refractivity contribution in [1.29, 1.82) is 0 Å². The highest BCUT2D eigenvalue weighted by Gasteiger charge is 2.40. The van der Waals surface area contributed by atoms with Crippen LogP contribution in [0.4, 0.5) is 0 Å². The summed E-state index contributed by atoms with van der Waals surface area (Å²) in [5, 5.41) is 4.57. The van der Waals surface area contributed by atoms with E-state index in [-0.39, 0.29) is 21.7 Å². The molecular formula is C47H48N4O. The lowest BCUT2D eigenvalue weighted by Crippen LogP contribution is -2.34. The first-order valence-electron chi connectivity index (χ1n) is 18.7. The van der Waals surface area contributed by atoms with E-state index in [1.807, 2.05) is 6.20 Å². The number of hydrogen-bond donors (Lipinski definition) is 0. The molecule has 0 saturated heterocycles. The molecule has 1 aliphatic rings. The number of fused-ring (bicyclic) bond motifs is 7. The van der Waals surface area contributed by atoms with Crippen LogP contribution < -0.4 is 4.74 Å². The molecule has 0 atom stereocenters. The van der Waals surface area contributed by atoms with Crippen LogP contribution in [0.25, 0.3) is 60.4 Å². The average Bonchev–Trinajstić information content (AvgIpc) is 3.42. The lowest BCUT2D eigenvalue weighted by atomic mass is 9.62. The molecule has 9 rings (SSSR count). The topological polar surface area (TPSA) is 52.3 Å². The van der Waals surface area contributed by atoms with Crippen LogP contribution >= 0.6 is 0 Å².